The molecule has 4 rings (SSSR count). The minimum atomic E-state index is -0.111. The first kappa shape index (κ1) is 16.8. The van der Waals surface area contributed by atoms with E-state index in [2.05, 4.69) is 29.2 Å². The Balaban J connectivity index is 1.43. The molecule has 2 heterocycles. The van der Waals surface area contributed by atoms with Gasteiger partial charge in [0.05, 0.1) is 6.61 Å². The Morgan fingerprint density at radius 2 is 1.96 bits per heavy atom. The maximum absolute atomic E-state index is 12.5. The Bertz CT molecular complexity index is 883. The molecule has 26 heavy (non-hydrogen) atoms. The molecule has 3 aromatic rings. The summed E-state index contributed by atoms with van der Waals surface area (Å²) in [5, 5.41) is 1.45. The molecule has 134 valence electrons. The second-order valence-electron chi connectivity index (χ2n) is 6.58. The lowest BCUT2D eigenvalue weighted by molar-refractivity contribution is -0.144. The Morgan fingerprint density at radius 1 is 1.08 bits per heavy atom. The lowest BCUT2D eigenvalue weighted by atomic mass is 10.1. The zero-order valence-electron chi connectivity index (χ0n) is 14.7. The molecular formula is C21H22N2O3. The SMILES string of the molecule is O=C(c1ccc2oc(CCCc3ccccc3)nc2c1)N1CCCCO1. The molecular weight excluding hydrogens is 328 g/mol. The van der Waals surface area contributed by atoms with Crippen molar-refractivity contribution in [2.24, 2.45) is 0 Å². The van der Waals surface area contributed by atoms with Crippen LogP contribution in [0, 0.1) is 0 Å². The molecule has 0 saturated carbocycles. The van der Waals surface area contributed by atoms with E-state index in [4.69, 9.17) is 9.25 Å². The van der Waals surface area contributed by atoms with Crippen LogP contribution in [0.1, 0.15) is 41.1 Å². The number of carbonyl (C=O) groups is 1. The predicted octanol–water partition coefficient (Wildman–Crippen LogP) is 4.17. The molecule has 5 heteroatoms. The van der Waals surface area contributed by atoms with E-state index >= 15 is 0 Å². The molecule has 0 radical (unpaired) electrons. The van der Waals surface area contributed by atoms with Crippen molar-refractivity contribution in [2.75, 3.05) is 13.2 Å². The van der Waals surface area contributed by atoms with E-state index in [-0.39, 0.29) is 5.91 Å². The quantitative estimate of drug-likeness (QED) is 0.693. The zero-order valence-corrected chi connectivity index (χ0v) is 14.7. The summed E-state index contributed by atoms with van der Waals surface area (Å²) in [6, 6.07) is 15.8. The van der Waals surface area contributed by atoms with Crippen LogP contribution in [0.4, 0.5) is 0 Å². The molecule has 5 nitrogen and oxygen atoms in total. The van der Waals surface area contributed by atoms with Gasteiger partial charge < -0.3 is 4.42 Å². The average molecular weight is 350 g/mol. The smallest absolute Gasteiger partial charge is 0.277 e. The number of aromatic nitrogens is 1. The standard InChI is InChI=1S/C21H22N2O3/c24-21(23-13-4-5-14-25-23)17-11-12-19-18(15-17)22-20(26-19)10-6-9-16-7-2-1-3-8-16/h1-3,7-8,11-12,15H,4-6,9-10,13-14H2. The fourth-order valence-electron chi connectivity index (χ4n) is 3.20. The summed E-state index contributed by atoms with van der Waals surface area (Å²) in [6.45, 7) is 1.24. The second-order valence-corrected chi connectivity index (χ2v) is 6.58. The van der Waals surface area contributed by atoms with E-state index in [0.29, 0.717) is 18.7 Å². The van der Waals surface area contributed by atoms with Crippen LogP contribution in [0.25, 0.3) is 11.1 Å². The molecule has 0 spiro atoms. The van der Waals surface area contributed by atoms with Crippen LogP contribution < -0.4 is 0 Å². The molecule has 1 saturated heterocycles. The highest BCUT2D eigenvalue weighted by atomic mass is 16.7. The number of hydroxylamine groups is 2. The normalized spacial score (nSPS) is 14.7. The molecule has 0 unspecified atom stereocenters. The largest absolute Gasteiger partial charge is 0.441 e. The number of rotatable bonds is 5. The molecule has 1 aliphatic heterocycles. The Labute approximate surface area is 152 Å². The molecule has 0 atom stereocenters. The summed E-state index contributed by atoms with van der Waals surface area (Å²) in [6.07, 6.45) is 4.73. The minimum Gasteiger partial charge on any atom is -0.441 e. The third kappa shape index (κ3) is 3.78. The third-order valence-electron chi connectivity index (χ3n) is 4.61. The Kier molecular flexibility index (Phi) is 4.97. The molecule has 1 fully saturated rings. The number of amides is 1. The van der Waals surface area contributed by atoms with Crippen molar-refractivity contribution in [1.29, 1.82) is 0 Å². The van der Waals surface area contributed by atoms with Crippen LogP contribution in [0.15, 0.2) is 52.9 Å². The average Bonchev–Trinajstić information content (AvgIpc) is 3.11. The van der Waals surface area contributed by atoms with Crippen molar-refractivity contribution in [3.05, 3.63) is 65.5 Å². The lowest BCUT2D eigenvalue weighted by Gasteiger charge is -2.25. The maximum atomic E-state index is 12.5. The number of oxazole rings is 1. The zero-order chi connectivity index (χ0) is 17.8. The monoisotopic (exact) mass is 350 g/mol. The molecule has 1 amide bonds. The van der Waals surface area contributed by atoms with Gasteiger partial charge >= 0.3 is 0 Å². The van der Waals surface area contributed by atoms with Crippen LogP contribution in [-0.2, 0) is 17.7 Å². The van der Waals surface area contributed by atoms with Crippen molar-refractivity contribution in [2.45, 2.75) is 32.1 Å². The molecule has 0 bridgehead atoms. The number of aryl methyl sites for hydroxylation is 2. The molecule has 1 aromatic heterocycles. The Hall–Kier alpha value is -2.66. The maximum Gasteiger partial charge on any atom is 0.277 e. The van der Waals surface area contributed by atoms with E-state index in [1.54, 1.807) is 12.1 Å². The summed E-state index contributed by atoms with van der Waals surface area (Å²) >= 11 is 0. The molecule has 2 aromatic carbocycles. The summed E-state index contributed by atoms with van der Waals surface area (Å²) < 4.78 is 5.82. The fraction of sp³-hybridized carbons (Fsp3) is 0.333. The number of fused-ring (bicyclic) bond motifs is 1. The van der Waals surface area contributed by atoms with Crippen molar-refractivity contribution in [1.82, 2.24) is 10.0 Å². The van der Waals surface area contributed by atoms with Gasteiger partial charge in [0.1, 0.15) is 5.52 Å². The van der Waals surface area contributed by atoms with E-state index in [0.717, 1.165) is 49.1 Å². The highest BCUT2D eigenvalue weighted by molar-refractivity contribution is 5.96. The highest BCUT2D eigenvalue weighted by Gasteiger charge is 2.20. The van der Waals surface area contributed by atoms with Gasteiger partial charge in [-0.05, 0) is 49.4 Å². The van der Waals surface area contributed by atoms with Gasteiger partial charge in [0.2, 0.25) is 0 Å². The van der Waals surface area contributed by atoms with Gasteiger partial charge in [-0.3, -0.25) is 9.63 Å². The van der Waals surface area contributed by atoms with Crippen LogP contribution in [0.3, 0.4) is 0 Å². The van der Waals surface area contributed by atoms with Gasteiger partial charge in [-0.2, -0.15) is 0 Å². The number of carbonyl (C=O) groups excluding carboxylic acids is 1. The van der Waals surface area contributed by atoms with Crippen LogP contribution >= 0.6 is 0 Å². The van der Waals surface area contributed by atoms with Gasteiger partial charge in [-0.1, -0.05) is 30.3 Å². The van der Waals surface area contributed by atoms with Crippen LogP contribution in [0.5, 0.6) is 0 Å². The van der Waals surface area contributed by atoms with E-state index in [1.807, 2.05) is 12.1 Å². The van der Waals surface area contributed by atoms with Gasteiger partial charge in [0.15, 0.2) is 11.5 Å². The van der Waals surface area contributed by atoms with Crippen LogP contribution in [-0.4, -0.2) is 29.1 Å². The van der Waals surface area contributed by atoms with Gasteiger partial charge in [-0.25, -0.2) is 10.0 Å². The lowest BCUT2D eigenvalue weighted by Crippen LogP contribution is -2.35. The number of nitrogens with zero attached hydrogens (tertiary/aromatic N) is 2. The summed E-state index contributed by atoms with van der Waals surface area (Å²) in [4.78, 5) is 22.5. The number of hydrogen-bond donors (Lipinski definition) is 0. The molecule has 1 aliphatic rings. The Morgan fingerprint density at radius 3 is 2.77 bits per heavy atom. The van der Waals surface area contributed by atoms with E-state index < -0.39 is 0 Å². The third-order valence-corrected chi connectivity index (χ3v) is 4.61. The summed E-state index contributed by atoms with van der Waals surface area (Å²) in [7, 11) is 0. The van der Waals surface area contributed by atoms with Gasteiger partial charge in [0.25, 0.3) is 5.91 Å². The second kappa shape index (κ2) is 7.70. The summed E-state index contributed by atoms with van der Waals surface area (Å²) in [5.41, 5.74) is 3.35. The van der Waals surface area contributed by atoms with Crippen molar-refractivity contribution < 1.29 is 14.0 Å². The number of benzene rings is 2. The van der Waals surface area contributed by atoms with Crippen molar-refractivity contribution in [3.8, 4) is 0 Å². The first-order valence-corrected chi connectivity index (χ1v) is 9.18. The van der Waals surface area contributed by atoms with Crippen molar-refractivity contribution in [3.63, 3.8) is 0 Å². The fourth-order valence-corrected chi connectivity index (χ4v) is 3.20. The first-order chi connectivity index (χ1) is 12.8. The van der Waals surface area contributed by atoms with Crippen LogP contribution in [0.2, 0.25) is 0 Å². The summed E-state index contributed by atoms with van der Waals surface area (Å²) in [5.74, 6) is 0.606. The van der Waals surface area contributed by atoms with E-state index in [9.17, 15) is 4.79 Å². The van der Waals surface area contributed by atoms with Crippen molar-refractivity contribution >= 4 is 17.0 Å². The van der Waals surface area contributed by atoms with Gasteiger partial charge in [0, 0.05) is 18.5 Å². The number of hydrogen-bond acceptors (Lipinski definition) is 4. The topological polar surface area (TPSA) is 55.6 Å². The predicted molar refractivity (Wildman–Crippen MR) is 98.7 cm³/mol. The van der Waals surface area contributed by atoms with Gasteiger partial charge in [-0.15, -0.1) is 0 Å². The minimum absolute atomic E-state index is 0.111. The first-order valence-electron chi connectivity index (χ1n) is 9.18. The highest BCUT2D eigenvalue weighted by Crippen LogP contribution is 2.20. The molecule has 0 aliphatic carbocycles. The molecule has 0 N–H and O–H groups in total. The van der Waals surface area contributed by atoms with E-state index in [1.165, 1.54) is 10.6 Å².